The molecule has 2 aromatic heterocycles. The van der Waals surface area contributed by atoms with Crippen LogP contribution in [0.2, 0.25) is 0 Å². The van der Waals surface area contributed by atoms with Crippen molar-refractivity contribution in [3.05, 3.63) is 48.0 Å². The molecule has 13 heteroatoms. The van der Waals surface area contributed by atoms with Crippen LogP contribution in [0.15, 0.2) is 36.8 Å². The number of H-pyrrole nitrogens is 1. The summed E-state index contributed by atoms with van der Waals surface area (Å²) >= 11 is 0. The summed E-state index contributed by atoms with van der Waals surface area (Å²) < 4.78 is 57.8. The van der Waals surface area contributed by atoms with Crippen LogP contribution in [0.3, 0.4) is 0 Å². The number of nitrogens with one attached hydrogen (secondary N) is 3. The minimum atomic E-state index is -2.74. The van der Waals surface area contributed by atoms with Gasteiger partial charge in [0.15, 0.2) is 0 Å². The van der Waals surface area contributed by atoms with Gasteiger partial charge in [-0.2, -0.15) is 5.10 Å². The summed E-state index contributed by atoms with van der Waals surface area (Å²) in [5.41, 5.74) is 3.20. The molecule has 3 aromatic rings. The van der Waals surface area contributed by atoms with E-state index in [0.29, 0.717) is 12.2 Å². The number of hydrogen-bond acceptors (Lipinski definition) is 5. The van der Waals surface area contributed by atoms with Crippen LogP contribution in [0.4, 0.5) is 17.6 Å². The van der Waals surface area contributed by atoms with Gasteiger partial charge in [-0.25, -0.2) is 22.5 Å². The third kappa shape index (κ3) is 10.3. The van der Waals surface area contributed by atoms with Gasteiger partial charge < -0.3 is 20.4 Å². The second-order valence-corrected chi connectivity index (χ2v) is 11.7. The van der Waals surface area contributed by atoms with Crippen molar-refractivity contribution in [3.63, 3.8) is 0 Å². The van der Waals surface area contributed by atoms with Gasteiger partial charge in [0.25, 0.3) is 11.8 Å². The Labute approximate surface area is 248 Å². The van der Waals surface area contributed by atoms with Crippen LogP contribution in [-0.4, -0.2) is 62.7 Å². The number of alkyl halides is 4. The Bertz CT molecular complexity index is 1340. The molecule has 2 amide bonds. The van der Waals surface area contributed by atoms with E-state index in [1.807, 2.05) is 32.0 Å². The lowest BCUT2D eigenvalue weighted by Gasteiger charge is -2.34. The molecule has 1 unspecified atom stereocenters. The number of carbonyl (C=O) groups is 2. The van der Waals surface area contributed by atoms with E-state index >= 15 is 0 Å². The van der Waals surface area contributed by atoms with Crippen molar-refractivity contribution in [1.82, 2.24) is 30.4 Å². The van der Waals surface area contributed by atoms with Crippen LogP contribution in [0, 0.1) is 5.92 Å². The average Bonchev–Trinajstić information content (AvgIpc) is 3.60. The Morgan fingerprint density at radius 1 is 1.09 bits per heavy atom. The maximum Gasteiger partial charge on any atom is 0.271 e. The Hall–Kier alpha value is -3.48. The fraction of sp³-hybridized carbons (Fsp3) is 0.600. The first-order valence-corrected chi connectivity index (χ1v) is 14.8. The number of carbonyl (C=O) groups excluding carboxylic acids is 2. The standard InChI is InChI=1S/C14H15F2N3O.C13H19F2N3O2.C3H6/c15-14(16)5-10(6-14)4-13(20)17-7-9-1-2-11-12(3-9)19-8-18-11;1-9(2)18-11(4-6-17-18)12(19)16-7-10-3-5-13(14,15)8-20-10;1-2-3-1/h1-3,8,10H,4-7H2,(H,17,20)(H,18,19);4,6,9-10H,3,5,7-8H2,1-2H3,(H,16,19);1-3H2. The van der Waals surface area contributed by atoms with Crippen LogP contribution in [-0.2, 0) is 16.1 Å². The predicted molar refractivity (Wildman–Crippen MR) is 153 cm³/mol. The third-order valence-electron chi connectivity index (χ3n) is 7.22. The molecule has 2 aliphatic carbocycles. The van der Waals surface area contributed by atoms with Crippen LogP contribution < -0.4 is 10.6 Å². The van der Waals surface area contributed by atoms with E-state index < -0.39 is 18.5 Å². The minimum absolute atomic E-state index is 0.0790. The first-order chi connectivity index (χ1) is 20.4. The summed E-state index contributed by atoms with van der Waals surface area (Å²) in [6.45, 7) is 3.92. The number of imidazole rings is 1. The van der Waals surface area contributed by atoms with Gasteiger partial charge in [-0.15, -0.1) is 0 Å². The van der Waals surface area contributed by atoms with Crippen molar-refractivity contribution < 1.29 is 31.9 Å². The topological polar surface area (TPSA) is 114 Å². The average molecular weight is 609 g/mol. The van der Waals surface area contributed by atoms with Crippen LogP contribution in [0.25, 0.3) is 11.0 Å². The summed E-state index contributed by atoms with van der Waals surface area (Å²) in [5, 5.41) is 9.55. The lowest BCUT2D eigenvalue weighted by molar-refractivity contribution is -0.141. The molecule has 3 heterocycles. The zero-order valence-electron chi connectivity index (χ0n) is 24.6. The second kappa shape index (κ2) is 14.3. The van der Waals surface area contributed by atoms with E-state index in [-0.39, 0.29) is 68.5 Å². The van der Waals surface area contributed by atoms with E-state index in [2.05, 4.69) is 25.7 Å². The van der Waals surface area contributed by atoms with E-state index in [1.165, 1.54) is 19.3 Å². The van der Waals surface area contributed by atoms with Crippen molar-refractivity contribution in [2.45, 2.75) is 95.7 Å². The monoisotopic (exact) mass is 608 g/mol. The van der Waals surface area contributed by atoms with E-state index in [1.54, 1.807) is 23.3 Å². The van der Waals surface area contributed by atoms with Gasteiger partial charge in [-0.3, -0.25) is 14.3 Å². The summed E-state index contributed by atoms with van der Waals surface area (Å²) in [6, 6.07) is 7.39. The number of fused-ring (bicyclic) bond motifs is 1. The Balaban J connectivity index is 0.000000179. The zero-order chi connectivity index (χ0) is 31.0. The molecule has 1 saturated heterocycles. The number of rotatable bonds is 8. The molecule has 0 spiro atoms. The van der Waals surface area contributed by atoms with E-state index in [9.17, 15) is 27.2 Å². The smallest absolute Gasteiger partial charge is 0.271 e. The molecule has 3 N–H and O–H groups in total. The quantitative estimate of drug-likeness (QED) is 0.280. The highest BCUT2D eigenvalue weighted by atomic mass is 19.3. The summed E-state index contributed by atoms with van der Waals surface area (Å²) in [5.74, 6) is -5.92. The molecule has 1 aliphatic heterocycles. The van der Waals surface area contributed by atoms with Gasteiger partial charge >= 0.3 is 0 Å². The highest BCUT2D eigenvalue weighted by Crippen LogP contribution is 2.43. The van der Waals surface area contributed by atoms with Gasteiger partial charge in [0.1, 0.15) is 12.3 Å². The fourth-order valence-electron chi connectivity index (χ4n) is 4.69. The molecule has 3 fully saturated rings. The maximum atomic E-state index is 12.9. The predicted octanol–water partition coefficient (Wildman–Crippen LogP) is 5.79. The number of aromatic nitrogens is 4. The largest absolute Gasteiger partial charge is 0.370 e. The number of aromatic amines is 1. The van der Waals surface area contributed by atoms with Crippen LogP contribution in [0.5, 0.6) is 0 Å². The molecule has 43 heavy (non-hydrogen) atoms. The van der Waals surface area contributed by atoms with Crippen molar-refractivity contribution in [2.24, 2.45) is 5.92 Å². The first kappa shape index (κ1) is 32.4. The number of hydrogen-bond donors (Lipinski definition) is 3. The lowest BCUT2D eigenvalue weighted by Crippen LogP contribution is -2.41. The number of benzene rings is 1. The molecule has 0 radical (unpaired) electrons. The second-order valence-electron chi connectivity index (χ2n) is 11.7. The third-order valence-corrected chi connectivity index (χ3v) is 7.22. The molecule has 236 valence electrons. The first-order valence-electron chi connectivity index (χ1n) is 14.8. The van der Waals surface area contributed by atoms with Gasteiger partial charge in [-0.05, 0) is 49.9 Å². The molecule has 0 bridgehead atoms. The van der Waals surface area contributed by atoms with Crippen LogP contribution in [0.1, 0.15) is 87.3 Å². The molecule has 1 aromatic carbocycles. The highest BCUT2D eigenvalue weighted by Gasteiger charge is 2.45. The number of ether oxygens (including phenoxy) is 1. The normalized spacial score (nSPS) is 20.2. The Kier molecular flexibility index (Phi) is 10.8. The summed E-state index contributed by atoms with van der Waals surface area (Å²) in [4.78, 5) is 30.8. The number of nitrogens with zero attached hydrogens (tertiary/aromatic N) is 3. The molecule has 1 atom stereocenters. The maximum absolute atomic E-state index is 12.9. The molecular formula is C30H40F4N6O3. The molecule has 2 saturated carbocycles. The summed E-state index contributed by atoms with van der Waals surface area (Å²) in [7, 11) is 0. The van der Waals surface area contributed by atoms with E-state index in [4.69, 9.17) is 4.74 Å². The SMILES string of the molecule is C1CC1.CC(C)n1nccc1C(=O)NCC1CCC(F)(F)CO1.O=C(CC1CC(F)(F)C1)NCc1ccc2nc[nH]c2c1. The van der Waals surface area contributed by atoms with Crippen molar-refractivity contribution in [2.75, 3.05) is 13.2 Å². The highest BCUT2D eigenvalue weighted by molar-refractivity contribution is 5.92. The van der Waals surface area contributed by atoms with Crippen molar-refractivity contribution >= 4 is 22.8 Å². The fourth-order valence-corrected chi connectivity index (χ4v) is 4.69. The molecular weight excluding hydrogens is 568 g/mol. The van der Waals surface area contributed by atoms with E-state index in [0.717, 1.165) is 16.6 Å². The lowest BCUT2D eigenvalue weighted by atomic mass is 9.79. The van der Waals surface area contributed by atoms with Crippen molar-refractivity contribution in [1.29, 1.82) is 0 Å². The van der Waals surface area contributed by atoms with Gasteiger partial charge in [0, 0.05) is 51.0 Å². The zero-order valence-corrected chi connectivity index (χ0v) is 24.6. The molecule has 3 aliphatic rings. The number of amides is 2. The van der Waals surface area contributed by atoms with Gasteiger partial charge in [0.05, 0.1) is 23.5 Å². The van der Waals surface area contributed by atoms with Crippen molar-refractivity contribution in [3.8, 4) is 0 Å². The van der Waals surface area contributed by atoms with Gasteiger partial charge in [-0.1, -0.05) is 25.3 Å². The Morgan fingerprint density at radius 3 is 2.47 bits per heavy atom. The summed E-state index contributed by atoms with van der Waals surface area (Å²) in [6.07, 6.45) is 7.22. The van der Waals surface area contributed by atoms with Crippen LogP contribution >= 0.6 is 0 Å². The number of halogens is 4. The molecule has 6 rings (SSSR count). The van der Waals surface area contributed by atoms with Gasteiger partial charge in [0.2, 0.25) is 11.8 Å². The minimum Gasteiger partial charge on any atom is -0.370 e. The Morgan fingerprint density at radius 2 is 1.84 bits per heavy atom. The molecule has 9 nitrogen and oxygen atoms in total.